The highest BCUT2D eigenvalue weighted by atomic mass is 16.2. The summed E-state index contributed by atoms with van der Waals surface area (Å²) in [6, 6.07) is 7.42. The lowest BCUT2D eigenvalue weighted by Gasteiger charge is -2.25. The third kappa shape index (κ3) is 3.12. The minimum atomic E-state index is -0.418. The van der Waals surface area contributed by atoms with Gasteiger partial charge in [0, 0.05) is 19.3 Å². The van der Waals surface area contributed by atoms with Crippen molar-refractivity contribution in [2.24, 2.45) is 7.05 Å². The van der Waals surface area contributed by atoms with Crippen LogP contribution >= 0.6 is 0 Å². The molecule has 2 aromatic heterocycles. The van der Waals surface area contributed by atoms with E-state index in [0.29, 0.717) is 16.8 Å². The zero-order valence-electron chi connectivity index (χ0n) is 15.4. The van der Waals surface area contributed by atoms with Gasteiger partial charge in [0.25, 0.3) is 11.5 Å². The molecule has 0 saturated carbocycles. The zero-order chi connectivity index (χ0) is 19.0. The Balaban J connectivity index is 1.70. The quantitative estimate of drug-likeness (QED) is 0.735. The summed E-state index contributed by atoms with van der Waals surface area (Å²) >= 11 is 0. The molecule has 0 unspecified atom stereocenters. The van der Waals surface area contributed by atoms with Crippen LogP contribution in [0.15, 0.2) is 35.3 Å². The number of aromatic nitrogens is 4. The Morgan fingerprint density at radius 3 is 2.81 bits per heavy atom. The van der Waals surface area contributed by atoms with Crippen LogP contribution in [0, 0.1) is 6.92 Å². The summed E-state index contributed by atoms with van der Waals surface area (Å²) in [6.07, 6.45) is 3.56. The van der Waals surface area contributed by atoms with Crippen LogP contribution < -0.4 is 16.2 Å². The van der Waals surface area contributed by atoms with E-state index in [2.05, 4.69) is 20.9 Å². The molecule has 2 N–H and O–H groups in total. The Morgan fingerprint density at radius 1 is 1.26 bits per heavy atom. The Bertz CT molecular complexity index is 1060. The molecule has 1 aromatic carbocycles. The van der Waals surface area contributed by atoms with E-state index in [9.17, 15) is 9.59 Å². The van der Waals surface area contributed by atoms with Gasteiger partial charge in [-0.2, -0.15) is 0 Å². The number of carbonyl (C=O) groups is 1. The minimum absolute atomic E-state index is 0.120. The van der Waals surface area contributed by atoms with Crippen molar-refractivity contribution in [3.8, 4) is 0 Å². The van der Waals surface area contributed by atoms with Crippen molar-refractivity contribution in [1.82, 2.24) is 24.9 Å². The van der Waals surface area contributed by atoms with Gasteiger partial charge >= 0.3 is 0 Å². The molecule has 140 valence electrons. The van der Waals surface area contributed by atoms with Crippen molar-refractivity contribution in [1.29, 1.82) is 0 Å². The van der Waals surface area contributed by atoms with Gasteiger partial charge in [-0.05, 0) is 56.6 Å². The van der Waals surface area contributed by atoms with Crippen LogP contribution in [0.2, 0.25) is 0 Å². The van der Waals surface area contributed by atoms with Crippen molar-refractivity contribution >= 4 is 22.6 Å². The van der Waals surface area contributed by atoms with Gasteiger partial charge in [0.1, 0.15) is 11.1 Å². The van der Waals surface area contributed by atoms with Crippen molar-refractivity contribution in [3.05, 3.63) is 51.9 Å². The van der Waals surface area contributed by atoms with Gasteiger partial charge in [-0.15, -0.1) is 5.10 Å². The molecule has 0 spiro atoms. The van der Waals surface area contributed by atoms with Crippen LogP contribution in [0.1, 0.15) is 34.8 Å². The Kier molecular flexibility index (Phi) is 4.49. The van der Waals surface area contributed by atoms with Crippen LogP contribution in [0.5, 0.6) is 0 Å². The molecular weight excluding hydrogens is 344 g/mol. The monoisotopic (exact) mass is 366 g/mol. The number of anilines is 1. The molecule has 4 rings (SSSR count). The van der Waals surface area contributed by atoms with Crippen LogP contribution in [0.4, 0.5) is 5.69 Å². The molecule has 3 heterocycles. The number of pyridine rings is 1. The van der Waals surface area contributed by atoms with Crippen molar-refractivity contribution in [2.75, 3.05) is 18.4 Å². The van der Waals surface area contributed by atoms with Gasteiger partial charge < -0.3 is 15.2 Å². The molecule has 1 aliphatic rings. The first-order valence-electron chi connectivity index (χ1n) is 9.08. The molecule has 8 nitrogen and oxygen atoms in total. The number of nitrogens with one attached hydrogen (secondary N) is 2. The van der Waals surface area contributed by atoms with Crippen molar-refractivity contribution < 1.29 is 4.79 Å². The number of amides is 1. The highest BCUT2D eigenvalue weighted by molar-refractivity contribution is 6.08. The Hall–Kier alpha value is -3.00. The average molecular weight is 366 g/mol. The van der Waals surface area contributed by atoms with Gasteiger partial charge in [0.2, 0.25) is 0 Å². The van der Waals surface area contributed by atoms with E-state index in [0.717, 1.165) is 31.4 Å². The van der Waals surface area contributed by atoms with E-state index in [1.807, 2.05) is 18.2 Å². The van der Waals surface area contributed by atoms with E-state index in [-0.39, 0.29) is 17.2 Å². The zero-order valence-corrected chi connectivity index (χ0v) is 15.4. The summed E-state index contributed by atoms with van der Waals surface area (Å²) in [6.45, 7) is 3.54. The molecule has 3 aromatic rings. The number of benzene rings is 1. The second-order valence-electron chi connectivity index (χ2n) is 6.91. The molecule has 0 bridgehead atoms. The summed E-state index contributed by atoms with van der Waals surface area (Å²) in [5, 5.41) is 14.2. The predicted octanol–water partition coefficient (Wildman–Crippen LogP) is 1.62. The fourth-order valence-electron chi connectivity index (χ4n) is 3.63. The maximum absolute atomic E-state index is 13.0. The SMILES string of the molecule is Cc1ccn(C2CCNCC2)c(=O)c1C(=O)Nc1cccc2c1nnn2C. The topological polar surface area (TPSA) is 93.8 Å². The normalized spacial score (nSPS) is 15.2. The number of carbonyl (C=O) groups excluding carboxylic acids is 1. The second-order valence-corrected chi connectivity index (χ2v) is 6.91. The molecule has 1 fully saturated rings. The first-order valence-corrected chi connectivity index (χ1v) is 9.08. The maximum Gasteiger partial charge on any atom is 0.263 e. The van der Waals surface area contributed by atoms with E-state index >= 15 is 0 Å². The number of hydrogen-bond acceptors (Lipinski definition) is 5. The summed E-state index contributed by atoms with van der Waals surface area (Å²) in [7, 11) is 1.79. The van der Waals surface area contributed by atoms with Crippen LogP contribution in [0.3, 0.4) is 0 Å². The van der Waals surface area contributed by atoms with Crippen molar-refractivity contribution in [3.63, 3.8) is 0 Å². The van der Waals surface area contributed by atoms with Gasteiger partial charge in [-0.1, -0.05) is 11.3 Å². The molecule has 1 saturated heterocycles. The average Bonchev–Trinajstić information content (AvgIpc) is 3.05. The first kappa shape index (κ1) is 17.4. The number of nitrogens with zero attached hydrogens (tertiary/aromatic N) is 4. The maximum atomic E-state index is 13.0. The van der Waals surface area contributed by atoms with Gasteiger partial charge in [0.05, 0.1) is 11.2 Å². The van der Waals surface area contributed by atoms with Gasteiger partial charge in [0.15, 0.2) is 0 Å². The molecule has 0 aliphatic carbocycles. The molecule has 1 aliphatic heterocycles. The summed E-state index contributed by atoms with van der Waals surface area (Å²) < 4.78 is 3.34. The summed E-state index contributed by atoms with van der Waals surface area (Å²) in [4.78, 5) is 26.0. The lowest BCUT2D eigenvalue weighted by atomic mass is 10.0. The number of fused-ring (bicyclic) bond motifs is 1. The lowest BCUT2D eigenvalue weighted by Crippen LogP contribution is -2.37. The van der Waals surface area contributed by atoms with E-state index in [4.69, 9.17) is 0 Å². The largest absolute Gasteiger partial charge is 0.320 e. The number of aryl methyl sites for hydroxylation is 2. The molecule has 27 heavy (non-hydrogen) atoms. The molecule has 1 amide bonds. The summed E-state index contributed by atoms with van der Waals surface area (Å²) in [5.74, 6) is -0.418. The standard InChI is InChI=1S/C19H22N6O2/c1-12-8-11-25(13-6-9-20-10-7-13)19(27)16(12)18(26)21-14-4-3-5-15-17(14)22-23-24(15)2/h3-5,8,11,13,20H,6-7,9-10H2,1-2H3,(H,21,26). The number of piperidine rings is 1. The molecule has 0 atom stereocenters. The van der Waals surface area contributed by atoms with E-state index in [1.165, 1.54) is 0 Å². The third-order valence-electron chi connectivity index (χ3n) is 5.15. The lowest BCUT2D eigenvalue weighted by molar-refractivity contribution is 0.102. The second kappa shape index (κ2) is 6.96. The third-order valence-corrected chi connectivity index (χ3v) is 5.15. The van der Waals surface area contributed by atoms with Gasteiger partial charge in [-0.3, -0.25) is 9.59 Å². The smallest absolute Gasteiger partial charge is 0.263 e. The van der Waals surface area contributed by atoms with Crippen LogP contribution in [-0.2, 0) is 7.05 Å². The minimum Gasteiger partial charge on any atom is -0.320 e. The Morgan fingerprint density at radius 2 is 2.04 bits per heavy atom. The van der Waals surface area contributed by atoms with Crippen molar-refractivity contribution in [2.45, 2.75) is 25.8 Å². The molecule has 8 heteroatoms. The first-order chi connectivity index (χ1) is 13.1. The fourth-order valence-corrected chi connectivity index (χ4v) is 3.63. The van der Waals surface area contributed by atoms with E-state index in [1.54, 1.807) is 35.5 Å². The highest BCUT2D eigenvalue weighted by Gasteiger charge is 2.22. The number of rotatable bonds is 3. The molecule has 0 radical (unpaired) electrons. The fraction of sp³-hybridized carbons (Fsp3) is 0.368. The highest BCUT2D eigenvalue weighted by Crippen LogP contribution is 2.22. The Labute approximate surface area is 156 Å². The van der Waals surface area contributed by atoms with Crippen LogP contribution in [0.25, 0.3) is 11.0 Å². The molecular formula is C19H22N6O2. The van der Waals surface area contributed by atoms with Crippen LogP contribution in [-0.4, -0.2) is 38.6 Å². The summed E-state index contributed by atoms with van der Waals surface area (Å²) in [5.41, 5.74) is 2.55. The predicted molar refractivity (Wildman–Crippen MR) is 103 cm³/mol. The number of hydrogen-bond donors (Lipinski definition) is 2. The van der Waals surface area contributed by atoms with Gasteiger partial charge in [-0.25, -0.2) is 4.68 Å². The van der Waals surface area contributed by atoms with E-state index < -0.39 is 5.91 Å².